The van der Waals surface area contributed by atoms with E-state index in [0.717, 1.165) is 11.1 Å². The monoisotopic (exact) mass is 299 g/mol. The van der Waals surface area contributed by atoms with Crippen molar-refractivity contribution in [2.45, 2.75) is 25.1 Å². The molecule has 0 spiro atoms. The first-order chi connectivity index (χ1) is 10.6. The van der Waals surface area contributed by atoms with Crippen LogP contribution in [0, 0.1) is 0 Å². The smallest absolute Gasteiger partial charge is 0.336 e. The van der Waals surface area contributed by atoms with Gasteiger partial charge in [0, 0.05) is 6.04 Å². The lowest BCUT2D eigenvalue weighted by Crippen LogP contribution is -2.39. The number of carbonyl (C=O) groups excluding carboxylic acids is 1. The molecule has 0 aliphatic carbocycles. The van der Waals surface area contributed by atoms with E-state index >= 15 is 0 Å². The topological polar surface area (TPSA) is 58.6 Å². The van der Waals surface area contributed by atoms with Gasteiger partial charge in [0.2, 0.25) is 0 Å². The molecule has 0 heterocycles. The third-order valence-electron chi connectivity index (χ3n) is 3.65. The molecule has 2 aromatic carbocycles. The van der Waals surface area contributed by atoms with Gasteiger partial charge in [-0.15, -0.1) is 0 Å². The molecule has 0 saturated heterocycles. The number of methoxy groups -OCH3 is 1. The van der Waals surface area contributed by atoms with Gasteiger partial charge < -0.3 is 15.2 Å². The number of aliphatic hydroxyl groups excluding tert-OH is 1. The first-order valence-corrected chi connectivity index (χ1v) is 7.25. The first kappa shape index (κ1) is 16.2. The lowest BCUT2D eigenvalue weighted by molar-refractivity contribution is -0.152. The number of esters is 1. The largest absolute Gasteiger partial charge is 0.467 e. The Balaban J connectivity index is 2.23. The number of aliphatic hydroxyl groups is 1. The molecule has 2 rings (SSSR count). The average Bonchev–Trinajstić information content (AvgIpc) is 2.59. The predicted molar refractivity (Wildman–Crippen MR) is 85.2 cm³/mol. The van der Waals surface area contributed by atoms with Crippen LogP contribution in [0.15, 0.2) is 60.7 Å². The van der Waals surface area contributed by atoms with E-state index < -0.39 is 18.1 Å². The van der Waals surface area contributed by atoms with Crippen LogP contribution in [0.5, 0.6) is 0 Å². The van der Waals surface area contributed by atoms with Gasteiger partial charge in [0.1, 0.15) is 0 Å². The van der Waals surface area contributed by atoms with Crippen LogP contribution in [0.1, 0.15) is 30.1 Å². The Bertz CT molecular complexity index is 586. The third-order valence-corrected chi connectivity index (χ3v) is 3.65. The minimum atomic E-state index is -1.27. The van der Waals surface area contributed by atoms with Crippen LogP contribution in [0.25, 0.3) is 0 Å². The minimum absolute atomic E-state index is 0.0225. The second-order valence-corrected chi connectivity index (χ2v) is 5.16. The van der Waals surface area contributed by atoms with Gasteiger partial charge in [-0.2, -0.15) is 0 Å². The number of ether oxygens (including phenoxy) is 1. The van der Waals surface area contributed by atoms with Crippen LogP contribution in [0.2, 0.25) is 0 Å². The van der Waals surface area contributed by atoms with Gasteiger partial charge in [-0.25, -0.2) is 4.79 Å². The van der Waals surface area contributed by atoms with Crippen molar-refractivity contribution >= 4 is 5.97 Å². The maximum absolute atomic E-state index is 11.7. The van der Waals surface area contributed by atoms with E-state index in [1.54, 1.807) is 0 Å². The van der Waals surface area contributed by atoms with Crippen molar-refractivity contribution < 1.29 is 14.6 Å². The molecule has 22 heavy (non-hydrogen) atoms. The third kappa shape index (κ3) is 3.93. The molecule has 116 valence electrons. The van der Waals surface area contributed by atoms with E-state index in [0.29, 0.717) is 0 Å². The van der Waals surface area contributed by atoms with Crippen molar-refractivity contribution in [3.8, 4) is 0 Å². The van der Waals surface area contributed by atoms with Crippen molar-refractivity contribution in [2.75, 3.05) is 7.11 Å². The van der Waals surface area contributed by atoms with Gasteiger partial charge in [0.15, 0.2) is 6.10 Å². The number of hydrogen-bond acceptors (Lipinski definition) is 4. The first-order valence-electron chi connectivity index (χ1n) is 7.25. The average molecular weight is 299 g/mol. The highest BCUT2D eigenvalue weighted by Gasteiger charge is 2.29. The molecule has 2 N–H and O–H groups in total. The Morgan fingerprint density at radius 3 is 2.00 bits per heavy atom. The molecule has 0 unspecified atom stereocenters. The van der Waals surface area contributed by atoms with Crippen molar-refractivity contribution in [3.05, 3.63) is 71.8 Å². The van der Waals surface area contributed by atoms with E-state index in [-0.39, 0.29) is 6.04 Å². The van der Waals surface area contributed by atoms with Gasteiger partial charge >= 0.3 is 5.97 Å². The normalized spacial score (nSPS) is 14.9. The van der Waals surface area contributed by atoms with Crippen LogP contribution in [0.4, 0.5) is 0 Å². The minimum Gasteiger partial charge on any atom is -0.467 e. The summed E-state index contributed by atoms with van der Waals surface area (Å²) in [7, 11) is 1.27. The van der Waals surface area contributed by atoms with Crippen LogP contribution < -0.4 is 5.32 Å². The molecule has 0 bridgehead atoms. The van der Waals surface area contributed by atoms with E-state index in [1.165, 1.54) is 7.11 Å². The fourth-order valence-corrected chi connectivity index (χ4v) is 2.39. The summed E-state index contributed by atoms with van der Waals surface area (Å²) in [6.45, 7) is 2.00. The molecular formula is C18H21NO3. The fraction of sp³-hybridized carbons (Fsp3) is 0.278. The Morgan fingerprint density at radius 2 is 1.50 bits per heavy atom. The Kier molecular flexibility index (Phi) is 5.69. The molecule has 0 saturated carbocycles. The Morgan fingerprint density at radius 1 is 1.00 bits per heavy atom. The molecule has 0 aromatic heterocycles. The second-order valence-electron chi connectivity index (χ2n) is 5.16. The molecule has 4 nitrogen and oxygen atoms in total. The molecule has 4 heteroatoms. The summed E-state index contributed by atoms with van der Waals surface area (Å²) < 4.78 is 4.67. The highest BCUT2D eigenvalue weighted by molar-refractivity contribution is 5.75. The summed E-state index contributed by atoms with van der Waals surface area (Å²) in [5.74, 6) is -0.651. The number of carbonyl (C=O) groups is 1. The van der Waals surface area contributed by atoms with Gasteiger partial charge in [0.25, 0.3) is 0 Å². The lowest BCUT2D eigenvalue weighted by atomic mass is 9.98. The highest BCUT2D eigenvalue weighted by atomic mass is 16.5. The van der Waals surface area contributed by atoms with Crippen LogP contribution >= 0.6 is 0 Å². The van der Waals surface area contributed by atoms with Crippen LogP contribution in [-0.2, 0) is 9.53 Å². The number of benzene rings is 2. The molecule has 0 amide bonds. The zero-order chi connectivity index (χ0) is 15.9. The van der Waals surface area contributed by atoms with E-state index in [2.05, 4.69) is 10.1 Å². The van der Waals surface area contributed by atoms with Crippen molar-refractivity contribution in [1.29, 1.82) is 0 Å². The van der Waals surface area contributed by atoms with Crippen LogP contribution in [-0.4, -0.2) is 24.3 Å². The molecular weight excluding hydrogens is 278 g/mol. The molecule has 0 aliphatic rings. The van der Waals surface area contributed by atoms with Gasteiger partial charge in [-0.05, 0) is 18.1 Å². The maximum atomic E-state index is 11.7. The fourth-order valence-electron chi connectivity index (χ4n) is 2.39. The molecule has 0 radical (unpaired) electrons. The van der Waals surface area contributed by atoms with E-state index in [4.69, 9.17) is 0 Å². The second kappa shape index (κ2) is 7.73. The van der Waals surface area contributed by atoms with E-state index in [9.17, 15) is 9.90 Å². The van der Waals surface area contributed by atoms with E-state index in [1.807, 2.05) is 67.6 Å². The number of nitrogens with one attached hydrogen (secondary N) is 1. The summed E-state index contributed by atoms with van der Waals surface area (Å²) >= 11 is 0. The summed E-state index contributed by atoms with van der Waals surface area (Å²) in [5.41, 5.74) is 1.92. The molecule has 0 aliphatic heterocycles. The Labute approximate surface area is 130 Å². The summed E-state index contributed by atoms with van der Waals surface area (Å²) in [5, 5.41) is 13.6. The number of hydrogen-bond donors (Lipinski definition) is 2. The molecule has 0 fully saturated rings. The van der Waals surface area contributed by atoms with Crippen molar-refractivity contribution in [2.24, 2.45) is 0 Å². The lowest BCUT2D eigenvalue weighted by Gasteiger charge is -2.27. The number of rotatable bonds is 6. The summed E-state index contributed by atoms with van der Waals surface area (Å²) in [6, 6.07) is 18.7. The summed E-state index contributed by atoms with van der Waals surface area (Å²) in [4.78, 5) is 11.7. The van der Waals surface area contributed by atoms with Crippen LogP contribution in [0.3, 0.4) is 0 Å². The quantitative estimate of drug-likeness (QED) is 0.805. The van der Waals surface area contributed by atoms with Gasteiger partial charge in [-0.1, -0.05) is 60.7 Å². The van der Waals surface area contributed by atoms with Crippen molar-refractivity contribution in [3.63, 3.8) is 0 Å². The molecule has 3 atom stereocenters. The maximum Gasteiger partial charge on any atom is 0.336 e. The predicted octanol–water partition coefficient (Wildman–Crippen LogP) is 2.61. The SMILES string of the molecule is COC(=O)[C@H](O)[C@@H](N[C@@H](C)c1ccccc1)c1ccccc1. The van der Waals surface area contributed by atoms with Gasteiger partial charge in [-0.3, -0.25) is 0 Å². The van der Waals surface area contributed by atoms with Crippen molar-refractivity contribution in [1.82, 2.24) is 5.32 Å². The molecule has 2 aromatic rings. The zero-order valence-corrected chi connectivity index (χ0v) is 12.8. The zero-order valence-electron chi connectivity index (χ0n) is 12.8. The Hall–Kier alpha value is -2.17. The summed E-state index contributed by atoms with van der Waals surface area (Å²) in [6.07, 6.45) is -1.27. The van der Waals surface area contributed by atoms with Gasteiger partial charge in [0.05, 0.1) is 13.2 Å². The highest BCUT2D eigenvalue weighted by Crippen LogP contribution is 2.23. The standard InChI is InChI=1S/C18H21NO3/c1-13(14-9-5-3-6-10-14)19-16(17(20)18(21)22-2)15-11-7-4-8-12-15/h3-13,16-17,19-20H,1-2H3/t13-,16-,17+/m0/s1.